The van der Waals surface area contributed by atoms with Gasteiger partial charge in [-0.15, -0.1) is 0 Å². The molecule has 1 aliphatic heterocycles. The van der Waals surface area contributed by atoms with Crippen molar-refractivity contribution >= 4 is 0 Å². The quantitative estimate of drug-likeness (QED) is 0.809. The average molecular weight is 236 g/mol. The monoisotopic (exact) mass is 236 g/mol. The molecule has 96 valence electrons. The number of nitrogens with zero attached hydrogens (tertiary/aromatic N) is 3. The average Bonchev–Trinajstić information content (AvgIpc) is 2.85. The van der Waals surface area contributed by atoms with Crippen LogP contribution >= 0.6 is 0 Å². The molecular weight excluding hydrogens is 212 g/mol. The van der Waals surface area contributed by atoms with Crippen LogP contribution in [-0.2, 0) is 6.54 Å². The van der Waals surface area contributed by atoms with Crippen LogP contribution in [0.5, 0.6) is 0 Å². The highest BCUT2D eigenvalue weighted by molar-refractivity contribution is 4.80. The van der Waals surface area contributed by atoms with Gasteiger partial charge in [0, 0.05) is 51.2 Å². The van der Waals surface area contributed by atoms with E-state index in [4.69, 9.17) is 0 Å². The van der Waals surface area contributed by atoms with E-state index in [1.807, 2.05) is 18.7 Å². The Kier molecular flexibility index (Phi) is 5.01. The molecule has 1 unspecified atom stereocenters. The number of piperazine rings is 1. The molecule has 2 heterocycles. The van der Waals surface area contributed by atoms with Crippen molar-refractivity contribution in [1.82, 2.24) is 19.8 Å². The maximum absolute atomic E-state index is 4.07. The molecule has 2 rings (SSSR count). The maximum atomic E-state index is 4.07. The van der Waals surface area contributed by atoms with Gasteiger partial charge < -0.3 is 9.88 Å². The smallest absolute Gasteiger partial charge is 0.0945 e. The van der Waals surface area contributed by atoms with Crippen molar-refractivity contribution in [2.45, 2.75) is 38.8 Å². The minimum atomic E-state index is 0.747. The molecule has 0 aromatic carbocycles. The Bertz CT molecular complexity index is 294. The van der Waals surface area contributed by atoms with Crippen LogP contribution in [-0.4, -0.2) is 46.7 Å². The summed E-state index contributed by atoms with van der Waals surface area (Å²) in [6, 6.07) is 0.747. The highest BCUT2D eigenvalue weighted by atomic mass is 15.2. The Morgan fingerprint density at radius 1 is 1.41 bits per heavy atom. The molecule has 0 bridgehead atoms. The van der Waals surface area contributed by atoms with Gasteiger partial charge in [-0.3, -0.25) is 4.90 Å². The molecule has 1 atom stereocenters. The SMILES string of the molecule is CCCC1CNCCN1CCCn1ccnc1. The molecule has 0 aliphatic carbocycles. The molecule has 0 spiro atoms. The van der Waals surface area contributed by atoms with Crippen molar-refractivity contribution in [2.24, 2.45) is 0 Å². The molecule has 4 nitrogen and oxygen atoms in total. The Morgan fingerprint density at radius 3 is 3.12 bits per heavy atom. The van der Waals surface area contributed by atoms with Crippen LogP contribution in [0.15, 0.2) is 18.7 Å². The molecule has 1 aromatic heterocycles. The molecular formula is C13H24N4. The summed E-state index contributed by atoms with van der Waals surface area (Å²) < 4.78 is 2.16. The lowest BCUT2D eigenvalue weighted by Crippen LogP contribution is -2.51. The van der Waals surface area contributed by atoms with Crippen molar-refractivity contribution < 1.29 is 0 Å². The molecule has 17 heavy (non-hydrogen) atoms. The molecule has 4 heteroatoms. The molecule has 1 saturated heterocycles. The van der Waals surface area contributed by atoms with Gasteiger partial charge in [0.25, 0.3) is 0 Å². The number of hydrogen-bond acceptors (Lipinski definition) is 3. The van der Waals surface area contributed by atoms with Gasteiger partial charge >= 0.3 is 0 Å². The third-order valence-corrected chi connectivity index (χ3v) is 3.51. The van der Waals surface area contributed by atoms with E-state index in [2.05, 4.69) is 26.7 Å². The summed E-state index contributed by atoms with van der Waals surface area (Å²) in [5, 5.41) is 3.50. The van der Waals surface area contributed by atoms with Gasteiger partial charge in [-0.2, -0.15) is 0 Å². The van der Waals surface area contributed by atoms with Gasteiger partial charge in [0.1, 0.15) is 0 Å². The van der Waals surface area contributed by atoms with Crippen LogP contribution in [0.25, 0.3) is 0 Å². The number of nitrogens with one attached hydrogen (secondary N) is 1. The van der Waals surface area contributed by atoms with E-state index in [-0.39, 0.29) is 0 Å². The zero-order chi connectivity index (χ0) is 11.9. The predicted octanol–water partition coefficient (Wildman–Crippen LogP) is 1.35. The number of hydrogen-bond donors (Lipinski definition) is 1. The highest BCUT2D eigenvalue weighted by Crippen LogP contribution is 2.10. The molecule has 0 amide bonds. The van der Waals surface area contributed by atoms with Gasteiger partial charge in [-0.05, 0) is 12.8 Å². The number of aromatic nitrogens is 2. The second kappa shape index (κ2) is 6.77. The summed E-state index contributed by atoms with van der Waals surface area (Å²) in [6.45, 7) is 8.09. The van der Waals surface area contributed by atoms with E-state index in [1.165, 1.54) is 38.9 Å². The van der Waals surface area contributed by atoms with Gasteiger partial charge in [0.05, 0.1) is 6.33 Å². The first-order valence-electron chi connectivity index (χ1n) is 6.80. The van der Waals surface area contributed by atoms with Crippen LogP contribution in [0.2, 0.25) is 0 Å². The Morgan fingerprint density at radius 2 is 2.35 bits per heavy atom. The van der Waals surface area contributed by atoms with Crippen molar-refractivity contribution in [3.8, 4) is 0 Å². The van der Waals surface area contributed by atoms with Crippen LogP contribution in [0, 0.1) is 0 Å². The number of rotatable bonds is 6. The van der Waals surface area contributed by atoms with E-state index < -0.39 is 0 Å². The standard InChI is InChI=1S/C13H24N4/c1-2-4-13-11-14-6-10-17(13)8-3-7-16-9-5-15-12-16/h5,9,12-14H,2-4,6-8,10-11H2,1H3. The zero-order valence-corrected chi connectivity index (χ0v) is 10.8. The van der Waals surface area contributed by atoms with Gasteiger partial charge in [-0.25, -0.2) is 4.98 Å². The minimum absolute atomic E-state index is 0.747. The minimum Gasteiger partial charge on any atom is -0.337 e. The second-order valence-electron chi connectivity index (χ2n) is 4.84. The van der Waals surface area contributed by atoms with E-state index in [0.717, 1.165) is 19.1 Å². The van der Waals surface area contributed by atoms with Crippen LogP contribution in [0.4, 0.5) is 0 Å². The molecule has 0 radical (unpaired) electrons. The van der Waals surface area contributed by atoms with Crippen LogP contribution in [0.1, 0.15) is 26.2 Å². The Labute approximate surface area is 104 Å². The van der Waals surface area contributed by atoms with E-state index in [9.17, 15) is 0 Å². The molecule has 0 saturated carbocycles. The maximum Gasteiger partial charge on any atom is 0.0945 e. The molecule has 1 aromatic rings. The number of aryl methyl sites for hydroxylation is 1. The number of imidazole rings is 1. The summed E-state index contributed by atoms with van der Waals surface area (Å²) >= 11 is 0. The largest absolute Gasteiger partial charge is 0.337 e. The molecule has 1 aliphatic rings. The van der Waals surface area contributed by atoms with Gasteiger partial charge in [-0.1, -0.05) is 13.3 Å². The summed E-state index contributed by atoms with van der Waals surface area (Å²) in [7, 11) is 0. The van der Waals surface area contributed by atoms with E-state index >= 15 is 0 Å². The fourth-order valence-corrected chi connectivity index (χ4v) is 2.59. The van der Waals surface area contributed by atoms with E-state index in [0.29, 0.717) is 0 Å². The lowest BCUT2D eigenvalue weighted by Gasteiger charge is -2.36. The fourth-order valence-electron chi connectivity index (χ4n) is 2.59. The summed E-state index contributed by atoms with van der Waals surface area (Å²) in [6.07, 6.45) is 9.62. The second-order valence-corrected chi connectivity index (χ2v) is 4.84. The fraction of sp³-hybridized carbons (Fsp3) is 0.769. The predicted molar refractivity (Wildman–Crippen MR) is 70.0 cm³/mol. The first kappa shape index (κ1) is 12.6. The van der Waals surface area contributed by atoms with Crippen LogP contribution < -0.4 is 5.32 Å². The normalized spacial score (nSPS) is 21.8. The summed E-state index contributed by atoms with van der Waals surface area (Å²) in [4.78, 5) is 6.72. The third kappa shape index (κ3) is 3.82. The van der Waals surface area contributed by atoms with Gasteiger partial charge in [0.2, 0.25) is 0 Å². The first-order chi connectivity index (χ1) is 8.40. The molecule has 1 N–H and O–H groups in total. The lowest BCUT2D eigenvalue weighted by atomic mass is 10.1. The van der Waals surface area contributed by atoms with Gasteiger partial charge in [0.15, 0.2) is 0 Å². The molecule has 1 fully saturated rings. The summed E-state index contributed by atoms with van der Waals surface area (Å²) in [5.41, 5.74) is 0. The Balaban J connectivity index is 1.72. The third-order valence-electron chi connectivity index (χ3n) is 3.51. The first-order valence-corrected chi connectivity index (χ1v) is 6.80. The lowest BCUT2D eigenvalue weighted by molar-refractivity contribution is 0.148. The van der Waals surface area contributed by atoms with Crippen molar-refractivity contribution in [1.29, 1.82) is 0 Å². The summed E-state index contributed by atoms with van der Waals surface area (Å²) in [5.74, 6) is 0. The van der Waals surface area contributed by atoms with Crippen molar-refractivity contribution in [3.05, 3.63) is 18.7 Å². The highest BCUT2D eigenvalue weighted by Gasteiger charge is 2.20. The van der Waals surface area contributed by atoms with Crippen LogP contribution in [0.3, 0.4) is 0 Å². The van der Waals surface area contributed by atoms with Crippen molar-refractivity contribution in [3.63, 3.8) is 0 Å². The van der Waals surface area contributed by atoms with E-state index in [1.54, 1.807) is 0 Å². The topological polar surface area (TPSA) is 33.1 Å². The Hall–Kier alpha value is -0.870. The zero-order valence-electron chi connectivity index (χ0n) is 10.8. The van der Waals surface area contributed by atoms with Crippen molar-refractivity contribution in [2.75, 3.05) is 26.2 Å².